The van der Waals surface area contributed by atoms with E-state index in [4.69, 9.17) is 9.47 Å². The summed E-state index contributed by atoms with van der Waals surface area (Å²) in [5, 5.41) is 10.1. The zero-order valence-electron chi connectivity index (χ0n) is 16.7. The summed E-state index contributed by atoms with van der Waals surface area (Å²) in [6.07, 6.45) is 3.26. The van der Waals surface area contributed by atoms with Gasteiger partial charge in [-0.25, -0.2) is 0 Å². The molecule has 1 atom stereocenters. The Morgan fingerprint density at radius 2 is 1.85 bits per heavy atom. The van der Waals surface area contributed by atoms with E-state index in [1.807, 2.05) is 19.1 Å². The molecule has 2 aromatic rings. The van der Waals surface area contributed by atoms with Crippen LogP contribution in [-0.2, 0) is 6.42 Å². The van der Waals surface area contributed by atoms with Crippen LogP contribution in [0.2, 0.25) is 0 Å². The molecule has 0 saturated heterocycles. The van der Waals surface area contributed by atoms with Gasteiger partial charge in [-0.3, -0.25) is 4.79 Å². The first-order chi connectivity index (χ1) is 12.8. The number of benzene rings is 2. The van der Waals surface area contributed by atoms with Crippen molar-refractivity contribution in [1.82, 2.24) is 0 Å². The average Bonchev–Trinajstić information content (AvgIpc) is 2.65. The van der Waals surface area contributed by atoms with Crippen LogP contribution in [0.3, 0.4) is 0 Å². The maximum absolute atomic E-state index is 12.6. The maximum Gasteiger partial charge on any atom is 0.167 e. The average molecular weight is 368 g/mol. The predicted octanol–water partition coefficient (Wildman–Crippen LogP) is 5.29. The van der Waals surface area contributed by atoms with Crippen molar-refractivity contribution >= 4 is 5.78 Å². The molecule has 144 valence electrons. The summed E-state index contributed by atoms with van der Waals surface area (Å²) in [7, 11) is 3.19. The third kappa shape index (κ3) is 5.36. The van der Waals surface area contributed by atoms with Gasteiger partial charge < -0.3 is 14.6 Å². The zero-order valence-corrected chi connectivity index (χ0v) is 16.7. The first kappa shape index (κ1) is 20.6. The number of phenols is 1. The molecule has 1 N–H and O–H groups in total. The highest BCUT2D eigenvalue weighted by Gasteiger charge is 2.17. The molecule has 0 saturated carbocycles. The highest BCUT2D eigenvalue weighted by atomic mass is 16.5. The summed E-state index contributed by atoms with van der Waals surface area (Å²) in [4.78, 5) is 12.6. The van der Waals surface area contributed by atoms with Crippen molar-refractivity contribution in [2.24, 2.45) is 0 Å². The molecule has 0 aromatic heterocycles. The van der Waals surface area contributed by atoms with Gasteiger partial charge in [-0.05, 0) is 55.5 Å². The van der Waals surface area contributed by atoms with E-state index in [9.17, 15) is 9.90 Å². The molecule has 0 amide bonds. The quantitative estimate of drug-likeness (QED) is 0.508. The van der Waals surface area contributed by atoms with E-state index in [0.29, 0.717) is 17.7 Å². The lowest BCUT2D eigenvalue weighted by Gasteiger charge is -2.15. The number of allylic oxidation sites excluding steroid dienone is 2. The van der Waals surface area contributed by atoms with E-state index in [0.717, 1.165) is 23.3 Å². The minimum Gasteiger partial charge on any atom is -0.507 e. The standard InChI is InChI=1S/C23H28O4/c1-15(2)6-7-18-13-17(8-11-23(18)27-5)16(3)12-21(24)20-10-9-19(26-4)14-22(20)25/h6,8-11,13-14,16,25H,7,12H2,1-5H3. The number of phenolic OH excluding ortho intramolecular Hbond substituents is 1. The fourth-order valence-corrected chi connectivity index (χ4v) is 2.96. The van der Waals surface area contributed by atoms with Crippen LogP contribution in [0.1, 0.15) is 54.6 Å². The number of methoxy groups -OCH3 is 2. The van der Waals surface area contributed by atoms with Crippen LogP contribution in [0.5, 0.6) is 17.2 Å². The van der Waals surface area contributed by atoms with Gasteiger partial charge in [0.15, 0.2) is 5.78 Å². The highest BCUT2D eigenvalue weighted by Crippen LogP contribution is 2.30. The Bertz CT molecular complexity index is 832. The number of carbonyl (C=O) groups excluding carboxylic acids is 1. The number of rotatable bonds is 8. The summed E-state index contributed by atoms with van der Waals surface area (Å²) in [6, 6.07) is 10.8. The lowest BCUT2D eigenvalue weighted by Crippen LogP contribution is -2.06. The van der Waals surface area contributed by atoms with Gasteiger partial charge in [-0.1, -0.05) is 30.7 Å². The Balaban J connectivity index is 2.19. The van der Waals surface area contributed by atoms with Gasteiger partial charge >= 0.3 is 0 Å². The summed E-state index contributed by atoms with van der Waals surface area (Å²) >= 11 is 0. The third-order valence-electron chi connectivity index (χ3n) is 4.60. The van der Waals surface area contributed by atoms with E-state index in [-0.39, 0.29) is 17.5 Å². The van der Waals surface area contributed by atoms with Gasteiger partial charge in [-0.2, -0.15) is 0 Å². The first-order valence-electron chi connectivity index (χ1n) is 9.06. The van der Waals surface area contributed by atoms with Gasteiger partial charge in [0.2, 0.25) is 0 Å². The molecule has 0 fully saturated rings. The topological polar surface area (TPSA) is 55.8 Å². The van der Waals surface area contributed by atoms with E-state index < -0.39 is 0 Å². The van der Waals surface area contributed by atoms with Gasteiger partial charge in [-0.15, -0.1) is 0 Å². The van der Waals surface area contributed by atoms with Crippen molar-refractivity contribution in [2.75, 3.05) is 14.2 Å². The zero-order chi connectivity index (χ0) is 20.0. The third-order valence-corrected chi connectivity index (χ3v) is 4.60. The number of aromatic hydroxyl groups is 1. The summed E-state index contributed by atoms with van der Waals surface area (Å²) in [5.74, 6) is 1.25. The Morgan fingerprint density at radius 1 is 1.11 bits per heavy atom. The smallest absolute Gasteiger partial charge is 0.167 e. The molecular weight excluding hydrogens is 340 g/mol. The van der Waals surface area contributed by atoms with Crippen LogP contribution < -0.4 is 9.47 Å². The van der Waals surface area contributed by atoms with Crippen molar-refractivity contribution in [3.8, 4) is 17.2 Å². The second-order valence-electron chi connectivity index (χ2n) is 6.97. The molecule has 0 aliphatic rings. The molecule has 4 heteroatoms. The molecule has 0 bridgehead atoms. The van der Waals surface area contributed by atoms with E-state index in [1.165, 1.54) is 18.7 Å². The molecule has 1 unspecified atom stereocenters. The number of ketones is 1. The molecule has 2 aromatic carbocycles. The molecule has 27 heavy (non-hydrogen) atoms. The molecule has 0 aliphatic carbocycles. The Morgan fingerprint density at radius 3 is 2.44 bits per heavy atom. The number of hydrogen-bond acceptors (Lipinski definition) is 4. The molecule has 0 heterocycles. The SMILES string of the molecule is COc1ccc(C(=O)CC(C)c2ccc(OC)c(CC=C(C)C)c2)c(O)c1. The largest absolute Gasteiger partial charge is 0.507 e. The Labute approximate surface area is 161 Å². The van der Waals surface area contributed by atoms with Crippen LogP contribution in [0.25, 0.3) is 0 Å². The van der Waals surface area contributed by atoms with Crippen molar-refractivity contribution in [3.63, 3.8) is 0 Å². The van der Waals surface area contributed by atoms with E-state index in [2.05, 4.69) is 26.0 Å². The Hall–Kier alpha value is -2.75. The summed E-state index contributed by atoms with van der Waals surface area (Å²) < 4.78 is 10.5. The number of hydrogen-bond donors (Lipinski definition) is 1. The van der Waals surface area contributed by atoms with Gasteiger partial charge in [0.25, 0.3) is 0 Å². The number of ether oxygens (including phenoxy) is 2. The van der Waals surface area contributed by atoms with Gasteiger partial charge in [0.05, 0.1) is 19.8 Å². The predicted molar refractivity (Wildman–Crippen MR) is 108 cm³/mol. The van der Waals surface area contributed by atoms with Crippen molar-refractivity contribution in [2.45, 2.75) is 39.5 Å². The van der Waals surface area contributed by atoms with E-state index in [1.54, 1.807) is 19.2 Å². The molecule has 0 aliphatic heterocycles. The Kier molecular flexibility index (Phi) is 7.05. The maximum atomic E-state index is 12.6. The minimum atomic E-state index is -0.0932. The van der Waals surface area contributed by atoms with Crippen LogP contribution >= 0.6 is 0 Å². The van der Waals surface area contributed by atoms with Crippen LogP contribution in [0, 0.1) is 0 Å². The summed E-state index contributed by atoms with van der Waals surface area (Å²) in [6.45, 7) is 6.16. The molecule has 0 radical (unpaired) electrons. The van der Waals surface area contributed by atoms with Crippen LogP contribution in [0.15, 0.2) is 48.0 Å². The molecule has 4 nitrogen and oxygen atoms in total. The number of carbonyl (C=O) groups is 1. The molecular formula is C23H28O4. The normalized spacial score (nSPS) is 11.6. The van der Waals surface area contributed by atoms with Crippen LogP contribution in [0.4, 0.5) is 0 Å². The molecule has 2 rings (SSSR count). The molecule has 0 spiro atoms. The fraction of sp³-hybridized carbons (Fsp3) is 0.348. The monoisotopic (exact) mass is 368 g/mol. The lowest BCUT2D eigenvalue weighted by atomic mass is 9.91. The summed E-state index contributed by atoms with van der Waals surface area (Å²) in [5.41, 5.74) is 3.75. The fourth-order valence-electron chi connectivity index (χ4n) is 2.96. The second kappa shape index (κ2) is 9.26. The number of Topliss-reactive ketones (excluding diaryl/α,β-unsaturated/α-hetero) is 1. The second-order valence-corrected chi connectivity index (χ2v) is 6.97. The van der Waals surface area contributed by atoms with Gasteiger partial charge in [0, 0.05) is 12.5 Å². The van der Waals surface area contributed by atoms with Crippen molar-refractivity contribution in [3.05, 3.63) is 64.7 Å². The highest BCUT2D eigenvalue weighted by molar-refractivity contribution is 5.99. The van der Waals surface area contributed by atoms with Crippen LogP contribution in [-0.4, -0.2) is 25.1 Å². The van der Waals surface area contributed by atoms with E-state index >= 15 is 0 Å². The van der Waals surface area contributed by atoms with Gasteiger partial charge in [0.1, 0.15) is 17.2 Å². The van der Waals surface area contributed by atoms with Crippen molar-refractivity contribution < 1.29 is 19.4 Å². The minimum absolute atomic E-state index is 0.0235. The first-order valence-corrected chi connectivity index (χ1v) is 9.06. The van der Waals surface area contributed by atoms with Crippen molar-refractivity contribution in [1.29, 1.82) is 0 Å². The lowest BCUT2D eigenvalue weighted by molar-refractivity contribution is 0.0973.